The molecule has 1 fully saturated rings. The second kappa shape index (κ2) is 6.06. The van der Waals surface area contributed by atoms with E-state index in [-0.39, 0.29) is 11.9 Å². The third-order valence-electron chi connectivity index (χ3n) is 5.32. The van der Waals surface area contributed by atoms with Crippen molar-refractivity contribution in [1.82, 2.24) is 14.7 Å². The Kier molecular flexibility index (Phi) is 3.86. The highest BCUT2D eigenvalue weighted by atomic mass is 16.5. The number of nitrogens with zero attached hydrogens (tertiary/aromatic N) is 3. The third-order valence-corrected chi connectivity index (χ3v) is 5.32. The molecule has 3 heterocycles. The third kappa shape index (κ3) is 2.64. The number of amides is 1. The molecule has 130 valence electrons. The topological polar surface area (TPSA) is 47.4 Å². The number of aryl methyl sites for hydroxylation is 2. The zero-order valence-electron chi connectivity index (χ0n) is 15.0. The van der Waals surface area contributed by atoms with Crippen molar-refractivity contribution in [2.24, 2.45) is 7.05 Å². The van der Waals surface area contributed by atoms with Gasteiger partial charge >= 0.3 is 0 Å². The maximum atomic E-state index is 13.2. The molecule has 2 aromatic rings. The van der Waals surface area contributed by atoms with Crippen LogP contribution < -0.4 is 4.74 Å². The zero-order valence-corrected chi connectivity index (χ0v) is 15.0. The molecule has 0 saturated carbocycles. The van der Waals surface area contributed by atoms with Crippen molar-refractivity contribution in [3.05, 3.63) is 52.4 Å². The van der Waals surface area contributed by atoms with Gasteiger partial charge in [0.25, 0.3) is 5.91 Å². The fraction of sp³-hybridized carbons (Fsp3) is 0.400. The Morgan fingerprint density at radius 1 is 1.28 bits per heavy atom. The van der Waals surface area contributed by atoms with E-state index in [2.05, 4.69) is 12.0 Å². The highest BCUT2D eigenvalue weighted by Gasteiger charge is 2.35. The number of likely N-dealkylation sites (tertiary alicyclic amines) is 1. The molecule has 0 spiro atoms. The molecule has 1 saturated heterocycles. The van der Waals surface area contributed by atoms with Crippen molar-refractivity contribution in [3.63, 3.8) is 0 Å². The van der Waals surface area contributed by atoms with Crippen LogP contribution in [0.3, 0.4) is 0 Å². The Morgan fingerprint density at radius 2 is 2.08 bits per heavy atom. The van der Waals surface area contributed by atoms with Gasteiger partial charge < -0.3 is 9.64 Å². The Balaban J connectivity index is 1.65. The molecule has 1 amide bonds. The SMILES string of the molecule is Cc1nn(C)c(C)c1[C@H]1CCCN1C(=O)C1=Cc2ccccc2OC1. The first kappa shape index (κ1) is 15.9. The first-order valence-electron chi connectivity index (χ1n) is 8.79. The number of benzene rings is 1. The summed E-state index contributed by atoms with van der Waals surface area (Å²) in [6.45, 7) is 5.23. The minimum Gasteiger partial charge on any atom is -0.488 e. The van der Waals surface area contributed by atoms with Crippen LogP contribution in [0.25, 0.3) is 6.08 Å². The van der Waals surface area contributed by atoms with Crippen LogP contribution in [0.2, 0.25) is 0 Å². The molecule has 0 bridgehead atoms. The summed E-state index contributed by atoms with van der Waals surface area (Å²) in [4.78, 5) is 15.2. The van der Waals surface area contributed by atoms with Crippen molar-refractivity contribution in [3.8, 4) is 5.75 Å². The van der Waals surface area contributed by atoms with Gasteiger partial charge in [-0.15, -0.1) is 0 Å². The van der Waals surface area contributed by atoms with E-state index in [0.29, 0.717) is 6.61 Å². The van der Waals surface area contributed by atoms with Crippen molar-refractivity contribution >= 4 is 12.0 Å². The predicted octanol–water partition coefficient (Wildman–Crippen LogP) is 3.18. The second-order valence-corrected chi connectivity index (χ2v) is 6.86. The lowest BCUT2D eigenvalue weighted by Gasteiger charge is -2.28. The van der Waals surface area contributed by atoms with E-state index in [1.807, 2.05) is 53.9 Å². The number of aromatic nitrogens is 2. The van der Waals surface area contributed by atoms with Gasteiger partial charge in [0, 0.05) is 30.4 Å². The summed E-state index contributed by atoms with van der Waals surface area (Å²) < 4.78 is 7.68. The Hall–Kier alpha value is -2.56. The lowest BCUT2D eigenvalue weighted by molar-refractivity contribution is -0.128. The molecule has 0 N–H and O–H groups in total. The summed E-state index contributed by atoms with van der Waals surface area (Å²) >= 11 is 0. The molecule has 1 aromatic heterocycles. The lowest BCUT2D eigenvalue weighted by Crippen LogP contribution is -2.34. The van der Waals surface area contributed by atoms with E-state index >= 15 is 0 Å². The van der Waals surface area contributed by atoms with Gasteiger partial charge in [-0.1, -0.05) is 18.2 Å². The van der Waals surface area contributed by atoms with Crippen LogP contribution in [0.4, 0.5) is 0 Å². The van der Waals surface area contributed by atoms with Crippen LogP contribution in [-0.2, 0) is 11.8 Å². The van der Waals surface area contributed by atoms with Crippen LogP contribution in [-0.4, -0.2) is 33.7 Å². The average Bonchev–Trinajstić information content (AvgIpc) is 3.18. The quantitative estimate of drug-likeness (QED) is 0.846. The highest BCUT2D eigenvalue weighted by Crippen LogP contribution is 2.37. The molecule has 5 nitrogen and oxygen atoms in total. The van der Waals surface area contributed by atoms with Crippen LogP contribution in [0.1, 0.15) is 41.4 Å². The molecule has 5 heteroatoms. The Bertz CT molecular complexity index is 866. The summed E-state index contributed by atoms with van der Waals surface area (Å²) in [5.41, 5.74) is 5.06. The largest absolute Gasteiger partial charge is 0.488 e. The average molecular weight is 337 g/mol. The summed E-state index contributed by atoms with van der Waals surface area (Å²) in [5.74, 6) is 0.927. The molecule has 2 aliphatic heterocycles. The number of carbonyl (C=O) groups excluding carboxylic acids is 1. The summed E-state index contributed by atoms with van der Waals surface area (Å²) in [6.07, 6.45) is 3.98. The highest BCUT2D eigenvalue weighted by molar-refractivity contribution is 5.99. The van der Waals surface area contributed by atoms with Crippen molar-refractivity contribution in [2.45, 2.75) is 32.7 Å². The molecule has 4 rings (SSSR count). The smallest absolute Gasteiger partial charge is 0.253 e. The van der Waals surface area contributed by atoms with Crippen molar-refractivity contribution < 1.29 is 9.53 Å². The van der Waals surface area contributed by atoms with Gasteiger partial charge in [0.05, 0.1) is 17.3 Å². The van der Waals surface area contributed by atoms with E-state index in [9.17, 15) is 4.79 Å². The predicted molar refractivity (Wildman–Crippen MR) is 96.3 cm³/mol. The molecule has 0 radical (unpaired) electrons. The Labute approximate surface area is 147 Å². The standard InChI is InChI=1S/C20H23N3O2/c1-13-19(14(2)22(3)21-13)17-8-6-10-23(17)20(24)16-11-15-7-4-5-9-18(15)25-12-16/h4-5,7,9,11,17H,6,8,10,12H2,1-3H3/t17-/m1/s1. The normalized spacial score (nSPS) is 19.4. The first-order chi connectivity index (χ1) is 12.1. The Morgan fingerprint density at radius 3 is 2.84 bits per heavy atom. The zero-order chi connectivity index (χ0) is 17.6. The fourth-order valence-electron chi connectivity index (χ4n) is 4.01. The van der Waals surface area contributed by atoms with Crippen molar-refractivity contribution in [2.75, 3.05) is 13.2 Å². The number of hydrogen-bond donors (Lipinski definition) is 0. The number of carbonyl (C=O) groups is 1. The van der Waals surface area contributed by atoms with E-state index in [1.54, 1.807) is 0 Å². The summed E-state index contributed by atoms with van der Waals surface area (Å²) in [5, 5.41) is 4.53. The number of rotatable bonds is 2. The van der Waals surface area contributed by atoms with Gasteiger partial charge in [-0.3, -0.25) is 9.48 Å². The van der Waals surface area contributed by atoms with E-state index in [1.165, 1.54) is 5.56 Å². The number of fused-ring (bicyclic) bond motifs is 1. The van der Waals surface area contributed by atoms with Gasteiger partial charge in [-0.05, 0) is 38.8 Å². The van der Waals surface area contributed by atoms with E-state index < -0.39 is 0 Å². The number of para-hydroxylation sites is 1. The van der Waals surface area contributed by atoms with Gasteiger partial charge in [0.15, 0.2) is 0 Å². The van der Waals surface area contributed by atoms with Gasteiger partial charge in [-0.2, -0.15) is 5.10 Å². The van der Waals surface area contributed by atoms with Gasteiger partial charge in [0.1, 0.15) is 12.4 Å². The molecule has 2 aliphatic rings. The van der Waals surface area contributed by atoms with Gasteiger partial charge in [0.2, 0.25) is 0 Å². The second-order valence-electron chi connectivity index (χ2n) is 6.86. The molecular formula is C20H23N3O2. The minimum atomic E-state index is 0.0830. The fourth-order valence-corrected chi connectivity index (χ4v) is 4.01. The van der Waals surface area contributed by atoms with Crippen LogP contribution in [0, 0.1) is 13.8 Å². The van der Waals surface area contributed by atoms with E-state index in [4.69, 9.17) is 4.74 Å². The lowest BCUT2D eigenvalue weighted by atomic mass is 10.0. The molecule has 25 heavy (non-hydrogen) atoms. The van der Waals surface area contributed by atoms with Gasteiger partial charge in [-0.25, -0.2) is 0 Å². The first-order valence-corrected chi connectivity index (χ1v) is 8.79. The van der Waals surface area contributed by atoms with Crippen LogP contribution in [0.15, 0.2) is 29.8 Å². The molecular weight excluding hydrogens is 314 g/mol. The maximum absolute atomic E-state index is 13.2. The minimum absolute atomic E-state index is 0.0830. The molecule has 0 unspecified atom stereocenters. The molecule has 0 aliphatic carbocycles. The van der Waals surface area contributed by atoms with Crippen LogP contribution >= 0.6 is 0 Å². The summed E-state index contributed by atoms with van der Waals surface area (Å²) in [7, 11) is 1.96. The number of ether oxygens (including phenoxy) is 1. The van der Waals surface area contributed by atoms with Crippen LogP contribution in [0.5, 0.6) is 5.75 Å². The van der Waals surface area contributed by atoms with E-state index in [0.717, 1.165) is 47.7 Å². The summed E-state index contributed by atoms with van der Waals surface area (Å²) in [6, 6.07) is 7.95. The maximum Gasteiger partial charge on any atom is 0.253 e. The monoisotopic (exact) mass is 337 g/mol. The molecule has 1 aromatic carbocycles. The molecule has 1 atom stereocenters. The van der Waals surface area contributed by atoms with Crippen molar-refractivity contribution in [1.29, 1.82) is 0 Å². The number of hydrogen-bond acceptors (Lipinski definition) is 3.